The second-order valence-corrected chi connectivity index (χ2v) is 29.5. The molecular formula is C60H96O29S. The van der Waals surface area contributed by atoms with E-state index in [0.717, 1.165) is 12.8 Å². The lowest BCUT2D eigenvalue weighted by Gasteiger charge is -2.64. The fourth-order valence-corrected chi connectivity index (χ4v) is 18.2. The number of fused-ring (bicyclic) bond motifs is 4. The van der Waals surface area contributed by atoms with Gasteiger partial charge in [-0.1, -0.05) is 59.6 Å². The summed E-state index contributed by atoms with van der Waals surface area (Å²) >= 11 is 0. The Morgan fingerprint density at radius 3 is 1.98 bits per heavy atom. The normalized spacial score (nSPS) is 50.3. The van der Waals surface area contributed by atoms with E-state index in [0.29, 0.717) is 50.9 Å². The molecule has 10 aliphatic rings. The minimum Gasteiger partial charge on any atom is -0.462 e. The van der Waals surface area contributed by atoms with E-state index >= 15 is 0 Å². The van der Waals surface area contributed by atoms with Crippen LogP contribution in [0.25, 0.3) is 0 Å². The van der Waals surface area contributed by atoms with Gasteiger partial charge in [-0.15, -0.1) is 0 Å². The SMILES string of the molecule is CO[C@@H]1[C@@H](O)[C@H](O[C@@H]2[C@@H](O)[C@H](O[C@H]3[C@H](O)[C@@H](O[C@@H]4OC[C@@H](O)[C@H](O)[C@H]4O)[C@H](O[C@H]4[C@H](OC5CC[C@]6(C)[C@H]7CCC89C(=O)O[C@@](C)(CCCC(C)C)C8[C@@H](OC(C)=O)C[C@@]9(C)C7=CC[C@H]6C5(C)C)OC[C@@H](OS(=O)(=O)O)[C@@H]4O)O[C@@H]3C)OC[C@H]2O)O[C@H](CO)[C@H]1O. The Morgan fingerprint density at radius 1 is 0.700 bits per heavy atom. The third-order valence-electron chi connectivity index (χ3n) is 22.1. The second-order valence-electron chi connectivity index (χ2n) is 28.4. The minimum absolute atomic E-state index is 0.00396. The van der Waals surface area contributed by atoms with Crippen LogP contribution in [0.5, 0.6) is 0 Å². The van der Waals surface area contributed by atoms with E-state index in [1.165, 1.54) is 26.5 Å². The molecule has 90 heavy (non-hydrogen) atoms. The van der Waals surface area contributed by atoms with E-state index < -0.39 is 212 Å². The van der Waals surface area contributed by atoms with Crippen molar-refractivity contribution in [2.24, 2.45) is 45.3 Å². The molecule has 31 atom stereocenters. The molecule has 4 aliphatic carbocycles. The van der Waals surface area contributed by atoms with Crippen molar-refractivity contribution in [2.45, 2.75) is 273 Å². The smallest absolute Gasteiger partial charge is 0.397 e. The number of hydrogen-bond acceptors (Lipinski definition) is 28. The summed E-state index contributed by atoms with van der Waals surface area (Å²) in [6, 6.07) is 0. The summed E-state index contributed by atoms with van der Waals surface area (Å²) in [7, 11) is -4.06. The van der Waals surface area contributed by atoms with Gasteiger partial charge in [0.15, 0.2) is 31.5 Å². The number of ether oxygens (including phenoxy) is 13. The van der Waals surface area contributed by atoms with Gasteiger partial charge < -0.3 is 113 Å². The topological polar surface area (TPSA) is 420 Å². The molecule has 516 valence electrons. The first kappa shape index (κ1) is 70.5. The molecule has 6 aliphatic heterocycles. The summed E-state index contributed by atoms with van der Waals surface area (Å²) in [5.41, 5.74) is -2.36. The van der Waals surface area contributed by atoms with Crippen LogP contribution in [0.15, 0.2) is 11.6 Å². The third-order valence-corrected chi connectivity index (χ3v) is 22.6. The summed E-state index contributed by atoms with van der Waals surface area (Å²) in [6.07, 6.45) is -30.9. The first-order valence-corrected chi connectivity index (χ1v) is 33.0. The number of esters is 2. The number of allylic oxidation sites excluding steroid dienone is 2. The van der Waals surface area contributed by atoms with E-state index in [-0.39, 0.29) is 29.1 Å². The zero-order chi connectivity index (χ0) is 65.7. The van der Waals surface area contributed by atoms with Crippen molar-refractivity contribution in [1.29, 1.82) is 0 Å². The van der Waals surface area contributed by atoms with Gasteiger partial charge in [0.05, 0.1) is 50.0 Å². The highest BCUT2D eigenvalue weighted by Gasteiger charge is 2.79. The van der Waals surface area contributed by atoms with Gasteiger partial charge in [-0.05, 0) is 93.8 Å². The van der Waals surface area contributed by atoms with Gasteiger partial charge in [0.2, 0.25) is 0 Å². The van der Waals surface area contributed by atoms with E-state index in [1.54, 1.807) is 0 Å². The van der Waals surface area contributed by atoms with Gasteiger partial charge in [-0.3, -0.25) is 14.1 Å². The average Bonchev–Trinajstić information content (AvgIpc) is 1.45. The molecule has 0 aromatic carbocycles. The Bertz CT molecular complexity index is 2670. The van der Waals surface area contributed by atoms with Crippen LogP contribution in [0.1, 0.15) is 120 Å². The monoisotopic (exact) mass is 1310 g/mol. The van der Waals surface area contributed by atoms with E-state index in [4.69, 9.17) is 65.8 Å². The Hall–Kier alpha value is -2.29. The van der Waals surface area contributed by atoms with Crippen LogP contribution in [-0.2, 0) is 85.8 Å². The highest BCUT2D eigenvalue weighted by Crippen LogP contribution is 2.77. The molecule has 6 heterocycles. The zero-order valence-corrected chi connectivity index (χ0v) is 53.4. The zero-order valence-electron chi connectivity index (χ0n) is 52.6. The predicted molar refractivity (Wildman–Crippen MR) is 302 cm³/mol. The van der Waals surface area contributed by atoms with Gasteiger partial charge in [0.25, 0.3) is 0 Å². The Kier molecular flexibility index (Phi) is 20.8. The van der Waals surface area contributed by atoms with Gasteiger partial charge in [-0.2, -0.15) is 8.42 Å². The van der Waals surface area contributed by atoms with Crippen molar-refractivity contribution in [3.05, 3.63) is 11.6 Å². The van der Waals surface area contributed by atoms with Crippen molar-refractivity contribution >= 4 is 22.3 Å². The number of rotatable bonds is 19. The van der Waals surface area contributed by atoms with Crippen LogP contribution in [0.2, 0.25) is 0 Å². The van der Waals surface area contributed by atoms with Crippen LogP contribution in [0.3, 0.4) is 0 Å². The molecular weight excluding hydrogens is 1220 g/mol. The fraction of sp³-hybridized carbons (Fsp3) is 0.933. The van der Waals surface area contributed by atoms with Crippen molar-refractivity contribution in [3.8, 4) is 0 Å². The molecule has 6 saturated heterocycles. The number of hydrogen-bond donors (Lipinski definition) is 11. The number of carbonyl (C=O) groups excluding carboxylic acids is 2. The molecule has 11 N–H and O–H groups in total. The molecule has 29 nitrogen and oxygen atoms in total. The molecule has 9 fully saturated rings. The van der Waals surface area contributed by atoms with Crippen LogP contribution < -0.4 is 0 Å². The van der Waals surface area contributed by atoms with E-state index in [9.17, 15) is 73.6 Å². The quantitative estimate of drug-likeness (QED) is 0.0427. The molecule has 3 saturated carbocycles. The van der Waals surface area contributed by atoms with E-state index in [2.05, 4.69) is 47.6 Å². The predicted octanol–water partition coefficient (Wildman–Crippen LogP) is -0.837. The summed E-state index contributed by atoms with van der Waals surface area (Å²) in [4.78, 5) is 27.6. The van der Waals surface area contributed by atoms with Crippen molar-refractivity contribution in [3.63, 3.8) is 0 Å². The molecule has 10 rings (SSSR count). The molecule has 0 radical (unpaired) electrons. The number of aliphatic hydroxyl groups excluding tert-OH is 10. The standard InChI is InChI=1S/C60H96O29S/c1-25(2)12-11-17-59(9)49-32(81-27(4)62)20-58(8)29-13-14-35-56(5,6)36(16-18-57(35,7)28(29)15-19-60(49,58)55(72)88-59)83-53-47(39(67)34(24-79-53)89-90(73,74)75)87-54-48(86-50-40(68)37(65)30(63)22-77-50)41(69)44(26(3)80-54)84-51-42(70)45(31(64)23-78-51)85-52-43(71)46(76-10)38(66)33(21-61)82-52/h13,25-26,28,30-54,61,63-71H,11-12,14-24H2,1-10H3,(H,73,74,75)/t26-,28+,30-,31-,32+,33-,34-,35+,36?,37+,38-,39+,40-,41+,42-,43-,44-,45+,46+,47-,48-,49?,50+,51+,52+,53+,54+,57-,58+,59+,60?/m1/s1. The van der Waals surface area contributed by atoms with Crippen LogP contribution in [0.4, 0.5) is 0 Å². The minimum atomic E-state index is -5.26. The first-order chi connectivity index (χ1) is 42.2. The molecule has 0 aromatic rings. The Balaban J connectivity index is 0.904. The maximum absolute atomic E-state index is 14.8. The van der Waals surface area contributed by atoms with Crippen LogP contribution >= 0.6 is 0 Å². The Labute approximate surface area is 523 Å². The third kappa shape index (κ3) is 12.6. The molecule has 3 unspecified atom stereocenters. The second kappa shape index (κ2) is 26.6. The van der Waals surface area contributed by atoms with Gasteiger partial charge in [0, 0.05) is 19.4 Å². The summed E-state index contributed by atoms with van der Waals surface area (Å²) in [6.45, 7) is 15.2. The Morgan fingerprint density at radius 2 is 1.32 bits per heavy atom. The lowest BCUT2D eigenvalue weighted by molar-refractivity contribution is -0.399. The number of cyclic esters (lactones) is 1. The summed E-state index contributed by atoms with van der Waals surface area (Å²) in [5.74, 6) is -0.620. The fourth-order valence-electron chi connectivity index (χ4n) is 17.7. The summed E-state index contributed by atoms with van der Waals surface area (Å²) in [5, 5.41) is 111. The van der Waals surface area contributed by atoms with Crippen molar-refractivity contribution < 1.29 is 139 Å². The highest BCUT2D eigenvalue weighted by atomic mass is 32.3. The lowest BCUT2D eigenvalue weighted by atomic mass is 9.41. The van der Waals surface area contributed by atoms with Crippen LogP contribution in [-0.4, -0.2) is 263 Å². The number of aliphatic hydroxyl groups is 10. The highest BCUT2D eigenvalue weighted by molar-refractivity contribution is 7.80. The van der Waals surface area contributed by atoms with Gasteiger partial charge in [0.1, 0.15) is 109 Å². The first-order valence-electron chi connectivity index (χ1n) is 31.6. The molecule has 0 amide bonds. The summed E-state index contributed by atoms with van der Waals surface area (Å²) < 4.78 is 118. The number of carbonyl (C=O) groups is 2. The van der Waals surface area contributed by atoms with Gasteiger partial charge in [-0.25, -0.2) is 4.18 Å². The largest absolute Gasteiger partial charge is 0.462 e. The van der Waals surface area contributed by atoms with Crippen molar-refractivity contribution in [2.75, 3.05) is 33.5 Å². The molecule has 0 aromatic heterocycles. The van der Waals surface area contributed by atoms with Crippen LogP contribution in [0, 0.1) is 45.3 Å². The number of methoxy groups -OCH3 is 1. The average molecular weight is 1310 g/mol. The lowest BCUT2D eigenvalue weighted by Crippen LogP contribution is -2.67. The molecule has 30 heteroatoms. The maximum Gasteiger partial charge on any atom is 0.397 e. The molecule has 1 spiro atoms. The maximum atomic E-state index is 14.8. The van der Waals surface area contributed by atoms with Crippen molar-refractivity contribution in [1.82, 2.24) is 0 Å². The van der Waals surface area contributed by atoms with Gasteiger partial charge >= 0.3 is 22.3 Å². The molecule has 0 bridgehead atoms. The van der Waals surface area contributed by atoms with E-state index in [1.807, 2.05) is 6.92 Å².